The van der Waals surface area contributed by atoms with Crippen molar-refractivity contribution in [3.63, 3.8) is 0 Å². The quantitative estimate of drug-likeness (QED) is 0.402. The molecule has 0 saturated heterocycles. The zero-order valence-electron chi connectivity index (χ0n) is 5.68. The predicted molar refractivity (Wildman–Crippen MR) is 36.6 cm³/mol. The number of hydrogen-bond acceptors (Lipinski definition) is 2. The number of nitrogens with one attached hydrogen (secondary N) is 2. The summed E-state index contributed by atoms with van der Waals surface area (Å²) in [5, 5.41) is 5.61. The summed E-state index contributed by atoms with van der Waals surface area (Å²) in [6.07, 6.45) is 1.39. The van der Waals surface area contributed by atoms with Crippen molar-refractivity contribution in [2.45, 2.75) is 19.5 Å². The SMILES string of the molecule is [CH2]CC(NC=O)NCC. The van der Waals surface area contributed by atoms with Gasteiger partial charge in [0.05, 0.1) is 6.17 Å². The van der Waals surface area contributed by atoms with Gasteiger partial charge in [-0.1, -0.05) is 6.92 Å². The summed E-state index contributed by atoms with van der Waals surface area (Å²) in [6, 6.07) is 0. The molecule has 0 bridgehead atoms. The van der Waals surface area contributed by atoms with Crippen LogP contribution in [0.5, 0.6) is 0 Å². The van der Waals surface area contributed by atoms with Crippen LogP contribution in [0.2, 0.25) is 0 Å². The third-order valence-corrected chi connectivity index (χ3v) is 1.01. The lowest BCUT2D eigenvalue weighted by Gasteiger charge is -2.13. The second kappa shape index (κ2) is 5.56. The molecule has 0 aliphatic rings. The van der Waals surface area contributed by atoms with Crippen LogP contribution >= 0.6 is 0 Å². The molecule has 0 aliphatic carbocycles. The molecule has 0 aromatic heterocycles. The second-order valence-corrected chi connectivity index (χ2v) is 1.68. The minimum absolute atomic E-state index is 0.0347. The lowest BCUT2D eigenvalue weighted by atomic mass is 10.4. The highest BCUT2D eigenvalue weighted by Crippen LogP contribution is 1.80. The van der Waals surface area contributed by atoms with Gasteiger partial charge >= 0.3 is 0 Å². The molecular weight excluding hydrogens is 116 g/mol. The number of carbonyl (C=O) groups excluding carboxylic acids is 1. The summed E-state index contributed by atoms with van der Waals surface area (Å²) in [5.74, 6) is 0. The van der Waals surface area contributed by atoms with Gasteiger partial charge in [0, 0.05) is 0 Å². The summed E-state index contributed by atoms with van der Waals surface area (Å²) in [4.78, 5) is 9.87. The van der Waals surface area contributed by atoms with Gasteiger partial charge in [0.2, 0.25) is 6.41 Å². The third kappa shape index (κ3) is 3.97. The molecule has 0 aromatic rings. The topological polar surface area (TPSA) is 41.1 Å². The van der Waals surface area contributed by atoms with Crippen molar-refractivity contribution in [3.8, 4) is 0 Å². The highest BCUT2D eigenvalue weighted by Gasteiger charge is 1.98. The van der Waals surface area contributed by atoms with Crippen LogP contribution in [0.25, 0.3) is 0 Å². The normalized spacial score (nSPS) is 12.7. The Morgan fingerprint density at radius 3 is 2.78 bits per heavy atom. The van der Waals surface area contributed by atoms with Crippen molar-refractivity contribution in [1.82, 2.24) is 10.6 Å². The van der Waals surface area contributed by atoms with Crippen LogP contribution in [0.3, 0.4) is 0 Å². The van der Waals surface area contributed by atoms with Gasteiger partial charge in [0.25, 0.3) is 0 Å². The molecule has 0 saturated carbocycles. The Kier molecular flexibility index (Phi) is 5.21. The van der Waals surface area contributed by atoms with Crippen LogP contribution < -0.4 is 10.6 Å². The monoisotopic (exact) mass is 129 g/mol. The first-order valence-corrected chi connectivity index (χ1v) is 3.07. The fourth-order valence-electron chi connectivity index (χ4n) is 0.573. The number of rotatable bonds is 5. The first-order valence-electron chi connectivity index (χ1n) is 3.07. The molecule has 0 rings (SSSR count). The van der Waals surface area contributed by atoms with Gasteiger partial charge in [-0.25, -0.2) is 0 Å². The molecule has 53 valence electrons. The highest BCUT2D eigenvalue weighted by atomic mass is 16.1. The lowest BCUT2D eigenvalue weighted by molar-refractivity contribution is -0.110. The largest absolute Gasteiger partial charge is 0.343 e. The lowest BCUT2D eigenvalue weighted by Crippen LogP contribution is -2.40. The van der Waals surface area contributed by atoms with Crippen LogP contribution in [-0.2, 0) is 4.79 Å². The number of hydrogen-bond donors (Lipinski definition) is 2. The molecule has 1 unspecified atom stereocenters. The fourth-order valence-corrected chi connectivity index (χ4v) is 0.573. The average molecular weight is 129 g/mol. The van der Waals surface area contributed by atoms with Gasteiger partial charge in [-0.3, -0.25) is 10.1 Å². The predicted octanol–water partition coefficient (Wildman–Crippen LogP) is -0.108. The van der Waals surface area contributed by atoms with E-state index in [0.717, 1.165) is 6.54 Å². The van der Waals surface area contributed by atoms with E-state index in [0.29, 0.717) is 12.8 Å². The van der Waals surface area contributed by atoms with E-state index in [-0.39, 0.29) is 6.17 Å². The molecule has 0 aromatic carbocycles. The summed E-state index contributed by atoms with van der Waals surface area (Å²) < 4.78 is 0. The molecule has 0 heterocycles. The van der Waals surface area contributed by atoms with Crippen LogP contribution in [-0.4, -0.2) is 19.1 Å². The first-order chi connectivity index (χ1) is 4.35. The van der Waals surface area contributed by atoms with Crippen molar-refractivity contribution in [3.05, 3.63) is 6.92 Å². The smallest absolute Gasteiger partial charge is 0.208 e. The summed E-state index contributed by atoms with van der Waals surface area (Å²) in [5.41, 5.74) is 0. The Bertz CT molecular complexity index is 75.5. The van der Waals surface area contributed by atoms with Crippen LogP contribution in [0.15, 0.2) is 0 Å². The number of amides is 1. The third-order valence-electron chi connectivity index (χ3n) is 1.01. The van der Waals surface area contributed by atoms with Gasteiger partial charge in [-0.2, -0.15) is 0 Å². The first kappa shape index (κ1) is 8.43. The Hall–Kier alpha value is -0.570. The zero-order valence-corrected chi connectivity index (χ0v) is 5.68. The number of carbonyl (C=O) groups is 1. The van der Waals surface area contributed by atoms with E-state index in [1.807, 2.05) is 6.92 Å². The molecule has 3 nitrogen and oxygen atoms in total. The van der Waals surface area contributed by atoms with E-state index in [2.05, 4.69) is 17.6 Å². The minimum atomic E-state index is 0.0347. The van der Waals surface area contributed by atoms with Crippen molar-refractivity contribution in [2.75, 3.05) is 6.54 Å². The Morgan fingerprint density at radius 2 is 2.44 bits per heavy atom. The summed E-state index contributed by atoms with van der Waals surface area (Å²) in [6.45, 7) is 6.47. The van der Waals surface area contributed by atoms with Gasteiger partial charge in [0.15, 0.2) is 0 Å². The molecule has 1 atom stereocenters. The van der Waals surface area contributed by atoms with Crippen molar-refractivity contribution < 1.29 is 4.79 Å². The van der Waals surface area contributed by atoms with Gasteiger partial charge in [-0.05, 0) is 19.9 Å². The molecule has 9 heavy (non-hydrogen) atoms. The Morgan fingerprint density at radius 1 is 1.78 bits per heavy atom. The van der Waals surface area contributed by atoms with E-state index in [4.69, 9.17) is 0 Å². The Balaban J connectivity index is 3.28. The standard InChI is InChI=1S/C6H13N2O/c1-3-6(7-4-2)8-5-9/h5-7H,1,3-4H2,2H3,(H,8,9). The van der Waals surface area contributed by atoms with E-state index in [1.54, 1.807) is 0 Å². The van der Waals surface area contributed by atoms with Crippen molar-refractivity contribution in [1.29, 1.82) is 0 Å². The van der Waals surface area contributed by atoms with Gasteiger partial charge in [0.1, 0.15) is 0 Å². The minimum Gasteiger partial charge on any atom is -0.343 e. The van der Waals surface area contributed by atoms with Crippen LogP contribution in [0, 0.1) is 6.92 Å². The molecule has 1 amide bonds. The second-order valence-electron chi connectivity index (χ2n) is 1.68. The molecular formula is C6H13N2O. The Labute approximate surface area is 55.8 Å². The van der Waals surface area contributed by atoms with Crippen molar-refractivity contribution in [2.24, 2.45) is 0 Å². The molecule has 0 fully saturated rings. The van der Waals surface area contributed by atoms with Gasteiger partial charge < -0.3 is 5.32 Å². The van der Waals surface area contributed by atoms with Crippen molar-refractivity contribution >= 4 is 6.41 Å². The molecule has 2 N–H and O–H groups in total. The fraction of sp³-hybridized carbons (Fsp3) is 0.667. The van der Waals surface area contributed by atoms with Crippen LogP contribution in [0.4, 0.5) is 0 Å². The van der Waals surface area contributed by atoms with E-state index >= 15 is 0 Å². The summed E-state index contributed by atoms with van der Waals surface area (Å²) in [7, 11) is 0. The van der Waals surface area contributed by atoms with Crippen LogP contribution in [0.1, 0.15) is 13.3 Å². The summed E-state index contributed by atoms with van der Waals surface area (Å²) >= 11 is 0. The molecule has 1 radical (unpaired) electrons. The average Bonchev–Trinajstić information content (AvgIpc) is 1.88. The zero-order chi connectivity index (χ0) is 7.11. The highest BCUT2D eigenvalue weighted by molar-refractivity contribution is 5.46. The maximum atomic E-state index is 9.87. The molecule has 0 spiro atoms. The van der Waals surface area contributed by atoms with E-state index < -0.39 is 0 Å². The molecule has 3 heteroatoms. The molecule has 0 aliphatic heterocycles. The van der Waals surface area contributed by atoms with E-state index in [9.17, 15) is 4.79 Å². The van der Waals surface area contributed by atoms with E-state index in [1.165, 1.54) is 0 Å². The maximum absolute atomic E-state index is 9.87. The maximum Gasteiger partial charge on any atom is 0.208 e. The van der Waals surface area contributed by atoms with Gasteiger partial charge in [-0.15, -0.1) is 0 Å².